The van der Waals surface area contributed by atoms with Gasteiger partial charge < -0.3 is 5.32 Å². The molecule has 0 aromatic heterocycles. The lowest BCUT2D eigenvalue weighted by atomic mass is 9.54. The Morgan fingerprint density at radius 2 is 1.37 bits per heavy atom. The summed E-state index contributed by atoms with van der Waals surface area (Å²) >= 11 is 0. The number of hydrogen-bond donors (Lipinski definition) is 1. The van der Waals surface area contributed by atoms with Gasteiger partial charge in [0, 0.05) is 11.1 Å². The summed E-state index contributed by atoms with van der Waals surface area (Å²) in [6.45, 7) is 6.90. The minimum absolute atomic E-state index is 0.240. The van der Waals surface area contributed by atoms with Gasteiger partial charge in [-0.05, 0) is 70.3 Å². The van der Waals surface area contributed by atoms with Crippen molar-refractivity contribution in [3.05, 3.63) is 35.9 Å². The quantitative estimate of drug-likeness (QED) is 0.827. The van der Waals surface area contributed by atoms with Gasteiger partial charge >= 0.3 is 0 Å². The average molecular weight is 257 g/mol. The van der Waals surface area contributed by atoms with Crippen LogP contribution in [0.3, 0.4) is 0 Å². The van der Waals surface area contributed by atoms with Gasteiger partial charge in [-0.3, -0.25) is 0 Å². The zero-order valence-electron chi connectivity index (χ0n) is 12.6. The first kappa shape index (κ1) is 13.2. The van der Waals surface area contributed by atoms with E-state index in [1.165, 1.54) is 38.5 Å². The third kappa shape index (κ3) is 2.45. The molecule has 3 saturated carbocycles. The molecule has 3 aliphatic carbocycles. The second-order valence-electron chi connectivity index (χ2n) is 7.80. The first-order valence-corrected chi connectivity index (χ1v) is 7.78. The number of nitrogens with one attached hydrogen (secondary N) is 1. The Morgan fingerprint density at radius 1 is 0.842 bits per heavy atom. The summed E-state index contributed by atoms with van der Waals surface area (Å²) in [4.78, 5) is 0. The number of benzene rings is 1. The summed E-state index contributed by atoms with van der Waals surface area (Å²) < 4.78 is 0. The molecule has 0 saturated heterocycles. The second-order valence-corrected chi connectivity index (χ2v) is 7.80. The second kappa shape index (κ2) is 4.34. The molecule has 1 aromatic rings. The maximum atomic E-state index is 3.93. The van der Waals surface area contributed by atoms with Crippen LogP contribution in [0.2, 0.25) is 0 Å². The van der Waals surface area contributed by atoms with Crippen LogP contribution in [0.15, 0.2) is 30.3 Å². The van der Waals surface area contributed by atoms with Crippen molar-refractivity contribution in [3.63, 3.8) is 0 Å². The molecule has 1 N–H and O–H groups in total. The van der Waals surface area contributed by atoms with Crippen LogP contribution >= 0.6 is 0 Å². The molecule has 0 unspecified atom stereocenters. The van der Waals surface area contributed by atoms with Crippen molar-refractivity contribution in [3.8, 4) is 0 Å². The van der Waals surface area contributed by atoms with E-state index < -0.39 is 0 Å². The third-order valence-corrected chi connectivity index (χ3v) is 5.27. The van der Waals surface area contributed by atoms with Gasteiger partial charge in [-0.1, -0.05) is 30.3 Å². The molecule has 1 heteroatoms. The van der Waals surface area contributed by atoms with Crippen molar-refractivity contribution in [1.29, 1.82) is 0 Å². The lowest BCUT2D eigenvalue weighted by Gasteiger charge is -2.56. The molecule has 3 aliphatic rings. The van der Waals surface area contributed by atoms with E-state index in [9.17, 15) is 0 Å². The van der Waals surface area contributed by atoms with E-state index in [1.54, 1.807) is 5.56 Å². The van der Waals surface area contributed by atoms with Gasteiger partial charge in [-0.15, -0.1) is 0 Å². The summed E-state index contributed by atoms with van der Waals surface area (Å²) in [5, 5.41) is 3.93. The molecule has 0 aliphatic heterocycles. The van der Waals surface area contributed by atoms with E-state index in [1.807, 2.05) is 0 Å². The molecule has 0 amide bonds. The van der Waals surface area contributed by atoms with Crippen LogP contribution in [-0.2, 0) is 5.41 Å². The minimum atomic E-state index is 0.240. The predicted octanol–water partition coefficient (Wildman–Crippen LogP) is 4.42. The molecule has 1 aromatic carbocycles. The first-order chi connectivity index (χ1) is 8.93. The van der Waals surface area contributed by atoms with Crippen LogP contribution in [0.5, 0.6) is 0 Å². The average Bonchev–Trinajstić information content (AvgIpc) is 2.39. The predicted molar refractivity (Wildman–Crippen MR) is 81.4 cm³/mol. The summed E-state index contributed by atoms with van der Waals surface area (Å²) in [6.07, 6.45) is 8.12. The Morgan fingerprint density at radius 3 is 1.84 bits per heavy atom. The fraction of sp³-hybridized carbons (Fsp3) is 0.667. The van der Waals surface area contributed by atoms with E-state index in [-0.39, 0.29) is 5.54 Å². The Kier molecular flexibility index (Phi) is 3.01. The van der Waals surface area contributed by atoms with Crippen LogP contribution < -0.4 is 5.32 Å². The van der Waals surface area contributed by atoms with Crippen molar-refractivity contribution in [1.82, 2.24) is 5.32 Å². The van der Waals surface area contributed by atoms with Crippen LogP contribution in [0, 0.1) is 0 Å². The molecule has 3 fully saturated rings. The Balaban J connectivity index is 1.78. The fourth-order valence-electron chi connectivity index (χ4n) is 4.39. The van der Waals surface area contributed by atoms with Gasteiger partial charge in [0.05, 0.1) is 0 Å². The maximum Gasteiger partial charge on any atom is 0.0187 e. The van der Waals surface area contributed by atoms with Gasteiger partial charge in [0.2, 0.25) is 0 Å². The molecular weight excluding hydrogens is 230 g/mol. The lowest BCUT2D eigenvalue weighted by molar-refractivity contribution is 0.0571. The number of rotatable bonds is 2. The summed E-state index contributed by atoms with van der Waals surface area (Å²) in [5.74, 6) is 0. The zero-order chi connectivity index (χ0) is 13.6. The standard InChI is InChI=1S/C18H27N/c1-16(2,3)19-18-12-9-17(10-13-18,11-14-18)15-7-5-4-6-8-15/h4-8,19H,9-14H2,1-3H3. The highest BCUT2D eigenvalue weighted by molar-refractivity contribution is 5.29. The van der Waals surface area contributed by atoms with Gasteiger partial charge in [-0.2, -0.15) is 0 Å². The van der Waals surface area contributed by atoms with Gasteiger partial charge in [0.25, 0.3) is 0 Å². The molecule has 0 atom stereocenters. The zero-order valence-corrected chi connectivity index (χ0v) is 12.6. The van der Waals surface area contributed by atoms with E-state index in [0.29, 0.717) is 11.0 Å². The van der Waals surface area contributed by atoms with E-state index in [2.05, 4.69) is 56.4 Å². The molecular formula is C18H27N. The van der Waals surface area contributed by atoms with E-state index in [0.717, 1.165) is 0 Å². The Bertz CT molecular complexity index is 416. The van der Waals surface area contributed by atoms with Crippen molar-refractivity contribution >= 4 is 0 Å². The lowest BCUT2D eigenvalue weighted by Crippen LogP contribution is -2.60. The highest BCUT2D eigenvalue weighted by Gasteiger charge is 2.49. The monoisotopic (exact) mass is 257 g/mol. The molecule has 1 nitrogen and oxygen atoms in total. The molecule has 2 bridgehead atoms. The molecule has 19 heavy (non-hydrogen) atoms. The normalized spacial score (nSPS) is 34.5. The Hall–Kier alpha value is -0.820. The molecule has 0 spiro atoms. The largest absolute Gasteiger partial charge is 0.307 e. The Labute approximate surface area is 117 Å². The van der Waals surface area contributed by atoms with Crippen molar-refractivity contribution < 1.29 is 0 Å². The van der Waals surface area contributed by atoms with Gasteiger partial charge in [0.15, 0.2) is 0 Å². The smallest absolute Gasteiger partial charge is 0.0187 e. The summed E-state index contributed by atoms with van der Waals surface area (Å²) in [6, 6.07) is 11.2. The van der Waals surface area contributed by atoms with Crippen molar-refractivity contribution in [2.24, 2.45) is 0 Å². The first-order valence-electron chi connectivity index (χ1n) is 7.78. The minimum Gasteiger partial charge on any atom is -0.307 e. The SMILES string of the molecule is CC(C)(C)NC12CCC(c3ccccc3)(CC1)CC2. The highest BCUT2D eigenvalue weighted by atomic mass is 15.0. The van der Waals surface area contributed by atoms with Gasteiger partial charge in [0.1, 0.15) is 0 Å². The molecule has 0 radical (unpaired) electrons. The number of hydrogen-bond acceptors (Lipinski definition) is 1. The van der Waals surface area contributed by atoms with Crippen LogP contribution in [0.25, 0.3) is 0 Å². The van der Waals surface area contributed by atoms with Crippen LogP contribution in [-0.4, -0.2) is 11.1 Å². The fourth-order valence-corrected chi connectivity index (χ4v) is 4.39. The van der Waals surface area contributed by atoms with E-state index >= 15 is 0 Å². The molecule has 0 heterocycles. The van der Waals surface area contributed by atoms with Crippen molar-refractivity contribution in [2.75, 3.05) is 0 Å². The maximum absolute atomic E-state index is 3.93. The molecule has 4 rings (SSSR count). The van der Waals surface area contributed by atoms with Gasteiger partial charge in [-0.25, -0.2) is 0 Å². The van der Waals surface area contributed by atoms with Crippen LogP contribution in [0.4, 0.5) is 0 Å². The molecule has 104 valence electrons. The highest BCUT2D eigenvalue weighted by Crippen LogP contribution is 2.53. The van der Waals surface area contributed by atoms with Crippen molar-refractivity contribution in [2.45, 2.75) is 75.8 Å². The summed E-state index contributed by atoms with van der Waals surface area (Å²) in [7, 11) is 0. The third-order valence-electron chi connectivity index (χ3n) is 5.27. The van der Waals surface area contributed by atoms with E-state index in [4.69, 9.17) is 0 Å². The number of fused-ring (bicyclic) bond motifs is 3. The van der Waals surface area contributed by atoms with Crippen LogP contribution in [0.1, 0.15) is 64.9 Å². The summed E-state index contributed by atoms with van der Waals surface area (Å²) in [5.41, 5.74) is 2.74. The topological polar surface area (TPSA) is 12.0 Å².